The SMILES string of the molecule is CCCCCCCCCCCCC(=O)C(C)CC. The fraction of sp³-hybridized carbons (Fsp3) is 0.941. The van der Waals surface area contributed by atoms with E-state index in [9.17, 15) is 4.79 Å². The van der Waals surface area contributed by atoms with Gasteiger partial charge in [-0.1, -0.05) is 78.6 Å². The Morgan fingerprint density at radius 2 is 1.22 bits per heavy atom. The van der Waals surface area contributed by atoms with Gasteiger partial charge in [0.15, 0.2) is 0 Å². The number of rotatable bonds is 13. The molecule has 108 valence electrons. The number of carbonyl (C=O) groups excluding carboxylic acids is 1. The first kappa shape index (κ1) is 17.7. The summed E-state index contributed by atoms with van der Waals surface area (Å²) in [5, 5.41) is 0. The Labute approximate surface area is 115 Å². The van der Waals surface area contributed by atoms with Gasteiger partial charge in [0.25, 0.3) is 0 Å². The Morgan fingerprint density at radius 1 is 0.778 bits per heavy atom. The summed E-state index contributed by atoms with van der Waals surface area (Å²) in [4.78, 5) is 11.6. The predicted octanol–water partition coefficient (Wildman–Crippen LogP) is 5.91. The van der Waals surface area contributed by atoms with Crippen LogP contribution in [-0.2, 0) is 4.79 Å². The largest absolute Gasteiger partial charge is 0.299 e. The summed E-state index contributed by atoms with van der Waals surface area (Å²) in [7, 11) is 0. The van der Waals surface area contributed by atoms with Gasteiger partial charge in [-0.15, -0.1) is 0 Å². The van der Waals surface area contributed by atoms with Crippen molar-refractivity contribution in [3.8, 4) is 0 Å². The van der Waals surface area contributed by atoms with Crippen molar-refractivity contribution in [2.75, 3.05) is 0 Å². The van der Waals surface area contributed by atoms with Gasteiger partial charge in [-0.3, -0.25) is 4.79 Å². The monoisotopic (exact) mass is 254 g/mol. The van der Waals surface area contributed by atoms with Gasteiger partial charge in [-0.05, 0) is 12.8 Å². The van der Waals surface area contributed by atoms with Gasteiger partial charge in [-0.25, -0.2) is 0 Å². The first-order chi connectivity index (χ1) is 8.72. The van der Waals surface area contributed by atoms with Crippen molar-refractivity contribution in [3.05, 3.63) is 0 Å². The average molecular weight is 254 g/mol. The molecule has 0 aromatic rings. The minimum absolute atomic E-state index is 0.281. The molecule has 1 unspecified atom stereocenters. The first-order valence-corrected chi connectivity index (χ1v) is 8.25. The van der Waals surface area contributed by atoms with Gasteiger partial charge in [0, 0.05) is 12.3 Å². The fourth-order valence-corrected chi connectivity index (χ4v) is 2.26. The van der Waals surface area contributed by atoms with Crippen molar-refractivity contribution in [1.29, 1.82) is 0 Å². The molecule has 0 spiro atoms. The molecule has 1 atom stereocenters. The molecule has 0 heterocycles. The van der Waals surface area contributed by atoms with Crippen LogP contribution in [0, 0.1) is 5.92 Å². The fourth-order valence-electron chi connectivity index (χ4n) is 2.26. The topological polar surface area (TPSA) is 17.1 Å². The van der Waals surface area contributed by atoms with Gasteiger partial charge in [0.05, 0.1) is 0 Å². The van der Waals surface area contributed by atoms with Crippen molar-refractivity contribution in [2.24, 2.45) is 5.92 Å². The van der Waals surface area contributed by atoms with Crippen LogP contribution >= 0.6 is 0 Å². The predicted molar refractivity (Wildman–Crippen MR) is 80.9 cm³/mol. The van der Waals surface area contributed by atoms with Crippen molar-refractivity contribution in [3.63, 3.8) is 0 Å². The summed E-state index contributed by atoms with van der Waals surface area (Å²) in [5.41, 5.74) is 0. The Bertz CT molecular complexity index is 186. The standard InChI is InChI=1S/C17H34O/c1-4-6-7-8-9-10-11-12-13-14-15-17(18)16(3)5-2/h16H,4-15H2,1-3H3. The molecule has 0 aliphatic rings. The van der Waals surface area contributed by atoms with E-state index in [0.29, 0.717) is 5.78 Å². The highest BCUT2D eigenvalue weighted by atomic mass is 16.1. The maximum Gasteiger partial charge on any atom is 0.135 e. The van der Waals surface area contributed by atoms with Crippen LogP contribution in [0.15, 0.2) is 0 Å². The molecular weight excluding hydrogens is 220 g/mol. The summed E-state index contributed by atoms with van der Waals surface area (Å²) >= 11 is 0. The lowest BCUT2D eigenvalue weighted by Gasteiger charge is -2.06. The smallest absolute Gasteiger partial charge is 0.135 e. The lowest BCUT2D eigenvalue weighted by atomic mass is 9.98. The van der Waals surface area contributed by atoms with Gasteiger partial charge in [0.2, 0.25) is 0 Å². The Balaban J connectivity index is 3.14. The third kappa shape index (κ3) is 10.8. The normalized spacial score (nSPS) is 12.6. The second-order valence-electron chi connectivity index (χ2n) is 5.71. The third-order valence-electron chi connectivity index (χ3n) is 3.94. The van der Waals surface area contributed by atoms with E-state index in [-0.39, 0.29) is 5.92 Å². The number of carbonyl (C=O) groups is 1. The van der Waals surface area contributed by atoms with Crippen LogP contribution in [0.1, 0.15) is 97.8 Å². The molecule has 0 N–H and O–H groups in total. The molecule has 0 radical (unpaired) electrons. The molecule has 1 nitrogen and oxygen atoms in total. The minimum atomic E-state index is 0.281. The van der Waals surface area contributed by atoms with Crippen molar-refractivity contribution in [1.82, 2.24) is 0 Å². The van der Waals surface area contributed by atoms with E-state index in [2.05, 4.69) is 20.8 Å². The maximum atomic E-state index is 11.6. The van der Waals surface area contributed by atoms with Crippen molar-refractivity contribution >= 4 is 5.78 Å². The van der Waals surface area contributed by atoms with E-state index >= 15 is 0 Å². The van der Waals surface area contributed by atoms with Gasteiger partial charge >= 0.3 is 0 Å². The molecule has 1 heteroatoms. The summed E-state index contributed by atoms with van der Waals surface area (Å²) in [5.74, 6) is 0.751. The molecule has 0 amide bonds. The number of unbranched alkanes of at least 4 members (excludes halogenated alkanes) is 9. The van der Waals surface area contributed by atoms with Gasteiger partial charge in [0.1, 0.15) is 5.78 Å². The Morgan fingerprint density at radius 3 is 1.67 bits per heavy atom. The zero-order valence-corrected chi connectivity index (χ0v) is 13.0. The summed E-state index contributed by atoms with van der Waals surface area (Å²) in [6.07, 6.45) is 15.2. The van der Waals surface area contributed by atoms with Gasteiger partial charge in [-0.2, -0.15) is 0 Å². The molecule has 0 saturated carbocycles. The Kier molecular flexibility index (Phi) is 12.9. The minimum Gasteiger partial charge on any atom is -0.299 e. The summed E-state index contributed by atoms with van der Waals surface area (Å²) in [6, 6.07) is 0. The van der Waals surface area contributed by atoms with Crippen LogP contribution in [0.2, 0.25) is 0 Å². The molecule has 0 bridgehead atoms. The van der Waals surface area contributed by atoms with E-state index < -0.39 is 0 Å². The lowest BCUT2D eigenvalue weighted by Crippen LogP contribution is -2.09. The second-order valence-corrected chi connectivity index (χ2v) is 5.71. The third-order valence-corrected chi connectivity index (χ3v) is 3.94. The quantitative estimate of drug-likeness (QED) is 0.373. The van der Waals surface area contributed by atoms with Crippen LogP contribution in [-0.4, -0.2) is 5.78 Å². The van der Waals surface area contributed by atoms with Crippen molar-refractivity contribution in [2.45, 2.75) is 97.8 Å². The summed E-state index contributed by atoms with van der Waals surface area (Å²) < 4.78 is 0. The molecule has 0 aromatic carbocycles. The second kappa shape index (κ2) is 13.1. The van der Waals surface area contributed by atoms with E-state index in [1.165, 1.54) is 57.8 Å². The maximum absolute atomic E-state index is 11.6. The molecule has 0 aliphatic carbocycles. The molecule has 0 aromatic heterocycles. The number of ketones is 1. The molecule has 18 heavy (non-hydrogen) atoms. The van der Waals surface area contributed by atoms with E-state index in [4.69, 9.17) is 0 Å². The van der Waals surface area contributed by atoms with Crippen LogP contribution in [0.4, 0.5) is 0 Å². The number of hydrogen-bond acceptors (Lipinski definition) is 1. The molecular formula is C17H34O. The van der Waals surface area contributed by atoms with Crippen LogP contribution in [0.25, 0.3) is 0 Å². The number of Topliss-reactive ketones (excluding diaryl/α,β-unsaturated/α-hetero) is 1. The lowest BCUT2D eigenvalue weighted by molar-refractivity contribution is -0.122. The van der Waals surface area contributed by atoms with Gasteiger partial charge < -0.3 is 0 Å². The average Bonchev–Trinajstić information content (AvgIpc) is 2.39. The zero-order chi connectivity index (χ0) is 13.6. The zero-order valence-electron chi connectivity index (χ0n) is 13.0. The van der Waals surface area contributed by atoms with Crippen LogP contribution in [0.5, 0.6) is 0 Å². The van der Waals surface area contributed by atoms with Crippen LogP contribution < -0.4 is 0 Å². The first-order valence-electron chi connectivity index (χ1n) is 8.25. The highest BCUT2D eigenvalue weighted by Crippen LogP contribution is 2.13. The van der Waals surface area contributed by atoms with Crippen molar-refractivity contribution < 1.29 is 4.79 Å². The molecule has 0 aliphatic heterocycles. The highest BCUT2D eigenvalue weighted by molar-refractivity contribution is 5.80. The van der Waals surface area contributed by atoms with E-state index in [1.807, 2.05) is 0 Å². The summed E-state index contributed by atoms with van der Waals surface area (Å²) in [6.45, 7) is 6.42. The molecule has 0 saturated heterocycles. The van der Waals surface area contributed by atoms with E-state index in [0.717, 1.165) is 19.3 Å². The van der Waals surface area contributed by atoms with E-state index in [1.54, 1.807) is 0 Å². The molecule has 0 rings (SSSR count). The Hall–Kier alpha value is -0.330. The van der Waals surface area contributed by atoms with Crippen LogP contribution in [0.3, 0.4) is 0 Å². The highest BCUT2D eigenvalue weighted by Gasteiger charge is 2.09. The number of hydrogen-bond donors (Lipinski definition) is 0. The molecule has 0 fully saturated rings.